The van der Waals surface area contributed by atoms with Crippen molar-refractivity contribution in [3.05, 3.63) is 35.9 Å². The highest BCUT2D eigenvalue weighted by Crippen LogP contribution is 2.19. The summed E-state index contributed by atoms with van der Waals surface area (Å²) in [5, 5.41) is 22.6. The van der Waals surface area contributed by atoms with E-state index in [0.29, 0.717) is 31.5 Å². The van der Waals surface area contributed by atoms with E-state index >= 15 is 0 Å². The van der Waals surface area contributed by atoms with Crippen LogP contribution >= 0.6 is 0 Å². The third-order valence-corrected chi connectivity index (χ3v) is 3.55. The number of benzene rings is 1. The molecule has 0 saturated carbocycles. The monoisotopic (exact) mass is 293 g/mol. The van der Waals surface area contributed by atoms with E-state index in [1.165, 1.54) is 0 Å². The molecule has 114 valence electrons. The first kappa shape index (κ1) is 15.5. The van der Waals surface area contributed by atoms with Crippen LogP contribution in [0.5, 0.6) is 0 Å². The lowest BCUT2D eigenvalue weighted by Gasteiger charge is -2.27. The van der Waals surface area contributed by atoms with Crippen molar-refractivity contribution >= 4 is 11.9 Å². The number of aliphatic hydroxyl groups is 1. The molecule has 1 aliphatic rings. The number of nitrogens with one attached hydrogen (secondary N) is 1. The van der Waals surface area contributed by atoms with Gasteiger partial charge in [0.2, 0.25) is 0 Å². The molecule has 0 bridgehead atoms. The normalized spacial score (nSPS) is 18.7. The molecule has 0 amide bonds. The van der Waals surface area contributed by atoms with Gasteiger partial charge in [-0.25, -0.2) is 9.59 Å². The van der Waals surface area contributed by atoms with Crippen LogP contribution in [0.25, 0.3) is 0 Å². The predicted octanol–water partition coefficient (Wildman–Crippen LogP) is 0.340. The van der Waals surface area contributed by atoms with Crippen LogP contribution in [0.1, 0.15) is 18.4 Å². The van der Waals surface area contributed by atoms with E-state index in [1.807, 2.05) is 0 Å². The number of carbonyl (C=O) groups excluding carboxylic acids is 1. The molecule has 1 saturated heterocycles. The van der Waals surface area contributed by atoms with E-state index in [9.17, 15) is 19.8 Å². The number of carboxylic acid groups (broad SMARTS) is 1. The molecule has 0 radical (unpaired) electrons. The second-order valence-corrected chi connectivity index (χ2v) is 5.18. The fourth-order valence-electron chi connectivity index (χ4n) is 2.29. The van der Waals surface area contributed by atoms with Crippen LogP contribution in [-0.4, -0.2) is 46.9 Å². The van der Waals surface area contributed by atoms with Crippen LogP contribution < -0.4 is 5.32 Å². The Morgan fingerprint density at radius 2 is 1.86 bits per heavy atom. The minimum atomic E-state index is -2.55. The van der Waals surface area contributed by atoms with Gasteiger partial charge in [-0.3, -0.25) is 0 Å². The van der Waals surface area contributed by atoms with Gasteiger partial charge in [0.1, 0.15) is 6.10 Å². The molecule has 1 unspecified atom stereocenters. The van der Waals surface area contributed by atoms with Crippen LogP contribution in [0, 0.1) is 0 Å². The number of esters is 1. The summed E-state index contributed by atoms with van der Waals surface area (Å²) in [5.74, 6) is -2.68. The summed E-state index contributed by atoms with van der Waals surface area (Å²) >= 11 is 0. The SMILES string of the molecule is O=C(O)C(O)(Cc1ccccc1)C(=O)OC1CCNCC1. The molecular formula is C15H19NO5. The van der Waals surface area contributed by atoms with E-state index < -0.39 is 17.5 Å². The van der Waals surface area contributed by atoms with Crippen molar-refractivity contribution in [2.24, 2.45) is 0 Å². The average molecular weight is 293 g/mol. The Labute approximate surface area is 122 Å². The van der Waals surface area contributed by atoms with Crippen molar-refractivity contribution in [2.75, 3.05) is 13.1 Å². The summed E-state index contributed by atoms with van der Waals surface area (Å²) in [6.45, 7) is 1.42. The molecule has 1 aromatic rings. The summed E-state index contributed by atoms with van der Waals surface area (Å²) in [5.41, 5.74) is -1.99. The minimum absolute atomic E-state index is 0.313. The standard InChI is InChI=1S/C15H19NO5/c17-13(18)15(20,10-11-4-2-1-3-5-11)14(19)21-12-6-8-16-9-7-12/h1-5,12,16,20H,6-10H2,(H,17,18). The highest BCUT2D eigenvalue weighted by Gasteiger charge is 2.47. The van der Waals surface area contributed by atoms with Crippen LogP contribution in [0.15, 0.2) is 30.3 Å². The van der Waals surface area contributed by atoms with Crippen molar-refractivity contribution in [1.29, 1.82) is 0 Å². The number of aliphatic carboxylic acids is 1. The number of hydrogen-bond donors (Lipinski definition) is 3. The van der Waals surface area contributed by atoms with E-state index in [-0.39, 0.29) is 12.5 Å². The molecule has 3 N–H and O–H groups in total. The number of hydrogen-bond acceptors (Lipinski definition) is 5. The molecule has 2 rings (SSSR count). The molecule has 1 aromatic carbocycles. The lowest BCUT2D eigenvalue weighted by atomic mass is 9.94. The average Bonchev–Trinajstić information content (AvgIpc) is 2.49. The zero-order chi connectivity index (χ0) is 15.3. The third kappa shape index (κ3) is 3.80. The fraction of sp³-hybridized carbons (Fsp3) is 0.467. The Morgan fingerprint density at radius 3 is 2.43 bits per heavy atom. The molecule has 6 nitrogen and oxygen atoms in total. The Morgan fingerprint density at radius 1 is 1.24 bits per heavy atom. The fourth-order valence-corrected chi connectivity index (χ4v) is 2.29. The minimum Gasteiger partial charge on any atom is -0.479 e. The first-order valence-corrected chi connectivity index (χ1v) is 6.94. The van der Waals surface area contributed by atoms with Crippen molar-refractivity contribution in [3.8, 4) is 0 Å². The summed E-state index contributed by atoms with van der Waals surface area (Å²) in [7, 11) is 0. The molecule has 0 aromatic heterocycles. The predicted molar refractivity (Wildman–Crippen MR) is 74.7 cm³/mol. The van der Waals surface area contributed by atoms with Gasteiger partial charge in [0, 0.05) is 6.42 Å². The summed E-state index contributed by atoms with van der Waals surface area (Å²) < 4.78 is 5.18. The summed E-state index contributed by atoms with van der Waals surface area (Å²) in [6, 6.07) is 8.53. The van der Waals surface area contributed by atoms with E-state index in [2.05, 4.69) is 5.32 Å². The van der Waals surface area contributed by atoms with Crippen LogP contribution in [0.4, 0.5) is 0 Å². The van der Waals surface area contributed by atoms with Crippen LogP contribution in [0.3, 0.4) is 0 Å². The van der Waals surface area contributed by atoms with Crippen LogP contribution in [0.2, 0.25) is 0 Å². The molecule has 1 fully saturated rings. The van der Waals surface area contributed by atoms with Crippen molar-refractivity contribution < 1.29 is 24.5 Å². The van der Waals surface area contributed by atoms with Crippen LogP contribution in [-0.2, 0) is 20.7 Å². The van der Waals surface area contributed by atoms with E-state index in [4.69, 9.17) is 4.74 Å². The van der Waals surface area contributed by atoms with Crippen molar-refractivity contribution in [1.82, 2.24) is 5.32 Å². The Bertz CT molecular complexity index is 498. The lowest BCUT2D eigenvalue weighted by Crippen LogP contribution is -2.51. The van der Waals surface area contributed by atoms with Gasteiger partial charge in [0.25, 0.3) is 5.60 Å². The number of ether oxygens (including phenoxy) is 1. The molecule has 0 spiro atoms. The van der Waals surface area contributed by atoms with Gasteiger partial charge in [0.05, 0.1) is 0 Å². The van der Waals surface area contributed by atoms with E-state index in [0.717, 1.165) is 0 Å². The van der Waals surface area contributed by atoms with Gasteiger partial charge in [-0.1, -0.05) is 30.3 Å². The Balaban J connectivity index is 2.09. The smallest absolute Gasteiger partial charge is 0.350 e. The van der Waals surface area contributed by atoms with Gasteiger partial charge in [0.15, 0.2) is 0 Å². The molecule has 1 aliphatic heterocycles. The van der Waals surface area contributed by atoms with Gasteiger partial charge >= 0.3 is 11.9 Å². The summed E-state index contributed by atoms with van der Waals surface area (Å²) in [4.78, 5) is 23.5. The molecular weight excluding hydrogens is 274 g/mol. The highest BCUT2D eigenvalue weighted by atomic mass is 16.6. The zero-order valence-electron chi connectivity index (χ0n) is 11.6. The van der Waals surface area contributed by atoms with Gasteiger partial charge < -0.3 is 20.3 Å². The van der Waals surface area contributed by atoms with Gasteiger partial charge in [-0.05, 0) is 31.5 Å². The quantitative estimate of drug-likeness (QED) is 0.535. The second kappa shape index (κ2) is 6.69. The maximum Gasteiger partial charge on any atom is 0.350 e. The maximum atomic E-state index is 12.1. The third-order valence-electron chi connectivity index (χ3n) is 3.55. The first-order valence-electron chi connectivity index (χ1n) is 6.94. The topological polar surface area (TPSA) is 95.9 Å². The number of carbonyl (C=O) groups is 2. The zero-order valence-corrected chi connectivity index (χ0v) is 11.6. The lowest BCUT2D eigenvalue weighted by molar-refractivity contribution is -0.184. The number of carboxylic acids is 1. The largest absolute Gasteiger partial charge is 0.479 e. The molecule has 1 heterocycles. The number of rotatable bonds is 5. The second-order valence-electron chi connectivity index (χ2n) is 5.18. The first-order chi connectivity index (χ1) is 10.0. The highest BCUT2D eigenvalue weighted by molar-refractivity contribution is 6.02. The van der Waals surface area contributed by atoms with E-state index in [1.54, 1.807) is 30.3 Å². The van der Waals surface area contributed by atoms with Gasteiger partial charge in [-0.15, -0.1) is 0 Å². The summed E-state index contributed by atoms with van der Waals surface area (Å²) in [6.07, 6.45) is 0.576. The molecule has 6 heteroatoms. The molecule has 21 heavy (non-hydrogen) atoms. The molecule has 1 atom stereocenters. The Hall–Kier alpha value is -1.92. The molecule has 0 aliphatic carbocycles. The maximum absolute atomic E-state index is 12.1. The van der Waals surface area contributed by atoms with Crippen molar-refractivity contribution in [2.45, 2.75) is 31.0 Å². The van der Waals surface area contributed by atoms with Crippen molar-refractivity contribution in [3.63, 3.8) is 0 Å². The Kier molecular flexibility index (Phi) is 4.93. The number of piperidine rings is 1. The van der Waals surface area contributed by atoms with Gasteiger partial charge in [-0.2, -0.15) is 0 Å².